The number of benzene rings is 2. The largest absolute Gasteiger partial charge is 0.354 e. The monoisotopic (exact) mass is 532 g/mol. The number of hydrogen-bond donors (Lipinski definition) is 2. The number of aryl methyl sites for hydroxylation is 1. The SMILES string of the molecule is O=C1NCCCn2cc(nn2)CC2(CCN(C(=O)Cc3ccc(F)cc3)CC2)C(=O)N[C@H]1Cc1ccccc1. The van der Waals surface area contributed by atoms with Gasteiger partial charge in [-0.1, -0.05) is 47.7 Å². The zero-order valence-corrected chi connectivity index (χ0v) is 21.8. The van der Waals surface area contributed by atoms with Crippen LogP contribution in [0.25, 0.3) is 0 Å². The summed E-state index contributed by atoms with van der Waals surface area (Å²) in [6.45, 7) is 1.87. The van der Waals surface area contributed by atoms with Crippen molar-refractivity contribution >= 4 is 17.7 Å². The average Bonchev–Trinajstić information content (AvgIpc) is 3.39. The van der Waals surface area contributed by atoms with Crippen LogP contribution >= 0.6 is 0 Å². The molecule has 39 heavy (non-hydrogen) atoms. The molecule has 1 aromatic heterocycles. The van der Waals surface area contributed by atoms with Gasteiger partial charge in [0.25, 0.3) is 0 Å². The van der Waals surface area contributed by atoms with Crippen LogP contribution in [0.5, 0.6) is 0 Å². The smallest absolute Gasteiger partial charge is 0.242 e. The summed E-state index contributed by atoms with van der Waals surface area (Å²) < 4.78 is 15.0. The first-order valence-electron chi connectivity index (χ1n) is 13.4. The standard InChI is InChI=1S/C29H33FN6O3/c30-23-9-7-22(8-10-23)18-26(37)35-15-11-29(12-16-35)19-24-20-36(34-33-24)14-4-13-31-27(38)25(32-28(29)39)17-21-5-2-1-3-6-21/h1-3,5-10,20,25H,4,11-19H2,(H,31,38)(H,32,39)/t25-/m0/s1. The third-order valence-electron chi connectivity index (χ3n) is 7.70. The maximum absolute atomic E-state index is 14.0. The lowest BCUT2D eigenvalue weighted by Crippen LogP contribution is -2.56. The fourth-order valence-electron chi connectivity index (χ4n) is 5.38. The summed E-state index contributed by atoms with van der Waals surface area (Å²) in [5.74, 6) is -0.828. The van der Waals surface area contributed by atoms with Crippen molar-refractivity contribution < 1.29 is 18.8 Å². The molecule has 1 atom stereocenters. The summed E-state index contributed by atoms with van der Waals surface area (Å²) in [5.41, 5.74) is 1.58. The van der Waals surface area contributed by atoms with E-state index in [1.54, 1.807) is 21.7 Å². The molecule has 2 bridgehead atoms. The second-order valence-electron chi connectivity index (χ2n) is 10.5. The zero-order valence-electron chi connectivity index (χ0n) is 21.8. The third-order valence-corrected chi connectivity index (χ3v) is 7.70. The van der Waals surface area contributed by atoms with E-state index in [1.165, 1.54) is 12.1 Å². The van der Waals surface area contributed by atoms with Crippen LogP contribution < -0.4 is 10.6 Å². The number of piperidine rings is 1. The molecule has 1 fully saturated rings. The van der Waals surface area contributed by atoms with Crippen molar-refractivity contribution in [3.63, 3.8) is 0 Å². The number of amides is 3. The van der Waals surface area contributed by atoms with Crippen LogP contribution in [0.3, 0.4) is 0 Å². The molecule has 3 heterocycles. The summed E-state index contributed by atoms with van der Waals surface area (Å²) in [5, 5.41) is 14.5. The molecule has 1 spiro atoms. The lowest BCUT2D eigenvalue weighted by atomic mass is 9.73. The fourth-order valence-corrected chi connectivity index (χ4v) is 5.38. The van der Waals surface area contributed by atoms with Crippen LogP contribution in [0.4, 0.5) is 4.39 Å². The van der Waals surface area contributed by atoms with Gasteiger partial charge in [-0.2, -0.15) is 0 Å². The Hall–Kier alpha value is -4.08. The number of aromatic nitrogens is 3. The highest BCUT2D eigenvalue weighted by Gasteiger charge is 2.44. The van der Waals surface area contributed by atoms with Gasteiger partial charge in [0.15, 0.2) is 0 Å². The van der Waals surface area contributed by atoms with E-state index in [4.69, 9.17) is 0 Å². The van der Waals surface area contributed by atoms with Crippen LogP contribution in [-0.2, 0) is 40.2 Å². The number of nitrogens with zero attached hydrogens (tertiary/aromatic N) is 4. The summed E-state index contributed by atoms with van der Waals surface area (Å²) in [4.78, 5) is 41.9. The predicted molar refractivity (Wildman–Crippen MR) is 142 cm³/mol. The van der Waals surface area contributed by atoms with E-state index in [0.29, 0.717) is 58.3 Å². The molecule has 0 saturated carbocycles. The first kappa shape index (κ1) is 26.5. The third kappa shape index (κ3) is 6.50. The first-order valence-corrected chi connectivity index (χ1v) is 13.4. The molecular weight excluding hydrogens is 499 g/mol. The highest BCUT2D eigenvalue weighted by molar-refractivity contribution is 5.91. The molecule has 10 heteroatoms. The number of nitrogens with one attached hydrogen (secondary N) is 2. The van der Waals surface area contributed by atoms with Gasteiger partial charge in [0.2, 0.25) is 17.7 Å². The summed E-state index contributed by atoms with van der Waals surface area (Å²) >= 11 is 0. The van der Waals surface area contributed by atoms with Gasteiger partial charge in [0.1, 0.15) is 11.9 Å². The molecule has 204 valence electrons. The second-order valence-corrected chi connectivity index (χ2v) is 10.5. The summed E-state index contributed by atoms with van der Waals surface area (Å²) in [6.07, 6.45) is 4.34. The number of likely N-dealkylation sites (tertiary alicyclic amines) is 1. The Balaban J connectivity index is 1.35. The maximum Gasteiger partial charge on any atom is 0.242 e. The Morgan fingerprint density at radius 2 is 1.74 bits per heavy atom. The van der Waals surface area contributed by atoms with E-state index in [1.807, 2.05) is 36.5 Å². The lowest BCUT2D eigenvalue weighted by Gasteiger charge is -2.41. The van der Waals surface area contributed by atoms with Gasteiger partial charge in [-0.25, -0.2) is 4.39 Å². The van der Waals surface area contributed by atoms with Crippen molar-refractivity contribution in [3.05, 3.63) is 83.4 Å². The van der Waals surface area contributed by atoms with Crippen molar-refractivity contribution in [3.8, 4) is 0 Å². The molecule has 0 aliphatic carbocycles. The lowest BCUT2D eigenvalue weighted by molar-refractivity contribution is -0.141. The zero-order chi connectivity index (χ0) is 27.2. The minimum absolute atomic E-state index is 0.0613. The van der Waals surface area contributed by atoms with Crippen molar-refractivity contribution in [1.82, 2.24) is 30.5 Å². The van der Waals surface area contributed by atoms with E-state index in [0.717, 1.165) is 16.8 Å². The minimum Gasteiger partial charge on any atom is -0.354 e. The Morgan fingerprint density at radius 1 is 1.00 bits per heavy atom. The molecule has 0 unspecified atom stereocenters. The normalized spacial score (nSPS) is 19.8. The molecule has 0 radical (unpaired) electrons. The van der Waals surface area contributed by atoms with Gasteiger partial charge < -0.3 is 15.5 Å². The van der Waals surface area contributed by atoms with Gasteiger partial charge in [0.05, 0.1) is 17.5 Å². The van der Waals surface area contributed by atoms with E-state index in [9.17, 15) is 18.8 Å². The Kier molecular flexibility index (Phi) is 7.99. The maximum atomic E-state index is 14.0. The van der Waals surface area contributed by atoms with Gasteiger partial charge in [-0.05, 0) is 42.5 Å². The molecule has 5 rings (SSSR count). The molecule has 1 saturated heterocycles. The molecule has 3 aromatic rings. The summed E-state index contributed by atoms with van der Waals surface area (Å²) in [7, 11) is 0. The fraction of sp³-hybridized carbons (Fsp3) is 0.414. The molecule has 2 N–H and O–H groups in total. The number of carbonyl (C=O) groups excluding carboxylic acids is 3. The van der Waals surface area contributed by atoms with Crippen molar-refractivity contribution in [2.45, 2.75) is 51.1 Å². The topological polar surface area (TPSA) is 109 Å². The number of hydrogen-bond acceptors (Lipinski definition) is 5. The van der Waals surface area contributed by atoms with Gasteiger partial charge in [-0.15, -0.1) is 5.10 Å². The van der Waals surface area contributed by atoms with Crippen molar-refractivity contribution in [2.24, 2.45) is 5.41 Å². The number of fused-ring (bicyclic) bond motifs is 2. The summed E-state index contributed by atoms with van der Waals surface area (Å²) in [6, 6.07) is 14.8. The van der Waals surface area contributed by atoms with Crippen LogP contribution in [0.15, 0.2) is 60.8 Å². The van der Waals surface area contributed by atoms with E-state index in [-0.39, 0.29) is 30.0 Å². The van der Waals surface area contributed by atoms with Crippen LogP contribution in [0.2, 0.25) is 0 Å². The Labute approximate surface area is 226 Å². The van der Waals surface area contributed by atoms with E-state index < -0.39 is 11.5 Å². The highest BCUT2D eigenvalue weighted by Crippen LogP contribution is 2.36. The van der Waals surface area contributed by atoms with Crippen molar-refractivity contribution in [2.75, 3.05) is 19.6 Å². The predicted octanol–water partition coefficient (Wildman–Crippen LogP) is 2.06. The van der Waals surface area contributed by atoms with Crippen LogP contribution in [0, 0.1) is 11.2 Å². The van der Waals surface area contributed by atoms with Gasteiger partial charge in [0, 0.05) is 45.2 Å². The molecule has 2 aromatic carbocycles. The molecular formula is C29H33FN6O3. The van der Waals surface area contributed by atoms with E-state index in [2.05, 4.69) is 20.9 Å². The molecule has 2 aliphatic heterocycles. The second kappa shape index (κ2) is 11.8. The highest BCUT2D eigenvalue weighted by atomic mass is 19.1. The number of rotatable bonds is 4. The molecule has 3 amide bonds. The Bertz CT molecular complexity index is 1300. The molecule has 2 aliphatic rings. The number of carbonyl (C=O) groups is 3. The number of halogens is 1. The first-order chi connectivity index (χ1) is 18.9. The van der Waals surface area contributed by atoms with Crippen molar-refractivity contribution in [1.29, 1.82) is 0 Å². The Morgan fingerprint density at radius 3 is 2.49 bits per heavy atom. The average molecular weight is 533 g/mol. The van der Waals surface area contributed by atoms with Gasteiger partial charge >= 0.3 is 0 Å². The molecule has 9 nitrogen and oxygen atoms in total. The minimum atomic E-state index is -0.837. The van der Waals surface area contributed by atoms with E-state index >= 15 is 0 Å². The quantitative estimate of drug-likeness (QED) is 0.535. The van der Waals surface area contributed by atoms with Crippen LogP contribution in [-0.4, -0.2) is 63.3 Å². The van der Waals surface area contributed by atoms with Gasteiger partial charge in [-0.3, -0.25) is 19.1 Å². The van der Waals surface area contributed by atoms with Crippen LogP contribution in [0.1, 0.15) is 36.1 Å².